The molecular formula is C27H31N3O2. The van der Waals surface area contributed by atoms with E-state index in [0.717, 1.165) is 53.2 Å². The molecule has 0 saturated carbocycles. The zero-order valence-electron chi connectivity index (χ0n) is 19.5. The average molecular weight is 430 g/mol. The van der Waals surface area contributed by atoms with Crippen molar-refractivity contribution in [1.29, 1.82) is 0 Å². The van der Waals surface area contributed by atoms with Gasteiger partial charge in [-0.1, -0.05) is 24.3 Å². The Labute approximate surface area is 190 Å². The summed E-state index contributed by atoms with van der Waals surface area (Å²) < 4.78 is 5.34. The number of H-pyrrole nitrogens is 1. The topological polar surface area (TPSA) is 57.4 Å². The second-order valence-electron chi connectivity index (χ2n) is 8.68. The highest BCUT2D eigenvalue weighted by Gasteiger charge is 2.25. The smallest absolute Gasteiger partial charge is 0.256 e. The molecule has 0 radical (unpaired) electrons. The number of aryl methyl sites for hydroxylation is 1. The summed E-state index contributed by atoms with van der Waals surface area (Å²) in [6.45, 7) is 5.31. The Hall–Kier alpha value is -3.31. The van der Waals surface area contributed by atoms with Crippen LogP contribution in [0.1, 0.15) is 34.5 Å². The van der Waals surface area contributed by atoms with E-state index in [1.807, 2.05) is 42.5 Å². The van der Waals surface area contributed by atoms with E-state index < -0.39 is 0 Å². The molecule has 1 aromatic heterocycles. The molecule has 4 rings (SSSR count). The number of hydrogen-bond acceptors (Lipinski definition) is 3. The molecule has 0 saturated heterocycles. The van der Waals surface area contributed by atoms with Crippen molar-refractivity contribution in [3.63, 3.8) is 0 Å². The quantitative estimate of drug-likeness (QED) is 0.502. The highest BCUT2D eigenvalue weighted by molar-refractivity contribution is 6.35. The molecule has 0 bridgehead atoms. The number of benzene rings is 2. The first kappa shape index (κ1) is 21.9. The molecule has 1 aliphatic heterocycles. The number of methoxy groups -OCH3 is 1. The van der Waals surface area contributed by atoms with E-state index in [4.69, 9.17) is 4.74 Å². The molecule has 3 aromatic rings. The van der Waals surface area contributed by atoms with Crippen LogP contribution in [-0.4, -0.2) is 43.5 Å². The molecule has 1 aliphatic rings. The van der Waals surface area contributed by atoms with E-state index in [-0.39, 0.29) is 5.91 Å². The number of ether oxygens (including phenoxy) is 1. The van der Waals surface area contributed by atoms with Crippen LogP contribution in [0.5, 0.6) is 5.75 Å². The first-order valence-electron chi connectivity index (χ1n) is 11.0. The van der Waals surface area contributed by atoms with Crippen LogP contribution >= 0.6 is 0 Å². The molecule has 166 valence electrons. The fourth-order valence-electron chi connectivity index (χ4n) is 4.37. The molecular weight excluding hydrogens is 398 g/mol. The van der Waals surface area contributed by atoms with Gasteiger partial charge in [-0.05, 0) is 93.9 Å². The molecule has 32 heavy (non-hydrogen) atoms. The standard InChI is InChI=1S/C27H31N3O2/c1-17-22(10-7-13-30(3)4)18(2)28-25(17)16-24-23-12-11-20(15-26(23)29-27(24)31)19-8-6-9-21(14-19)32-5/h6,8-9,11-12,14-16,28H,7,10,13H2,1-5H3,(H,29,31). The van der Waals surface area contributed by atoms with E-state index in [0.29, 0.717) is 5.57 Å². The molecule has 5 heteroatoms. The van der Waals surface area contributed by atoms with Crippen LogP contribution in [0.15, 0.2) is 42.5 Å². The molecule has 0 spiro atoms. The first-order chi connectivity index (χ1) is 15.4. The van der Waals surface area contributed by atoms with Crippen molar-refractivity contribution < 1.29 is 9.53 Å². The zero-order chi connectivity index (χ0) is 22.8. The Morgan fingerprint density at radius 2 is 1.84 bits per heavy atom. The number of rotatable bonds is 7. The fourth-order valence-corrected chi connectivity index (χ4v) is 4.37. The number of aromatic amines is 1. The zero-order valence-corrected chi connectivity index (χ0v) is 19.5. The minimum Gasteiger partial charge on any atom is -0.497 e. The number of carbonyl (C=O) groups excluding carboxylic acids is 1. The maximum absolute atomic E-state index is 12.8. The summed E-state index contributed by atoms with van der Waals surface area (Å²) in [5.74, 6) is 0.746. The maximum atomic E-state index is 12.8. The van der Waals surface area contributed by atoms with Crippen LogP contribution in [0.4, 0.5) is 5.69 Å². The van der Waals surface area contributed by atoms with Crippen molar-refractivity contribution in [3.05, 3.63) is 70.5 Å². The van der Waals surface area contributed by atoms with Gasteiger partial charge < -0.3 is 19.9 Å². The van der Waals surface area contributed by atoms with Crippen molar-refractivity contribution in [1.82, 2.24) is 9.88 Å². The van der Waals surface area contributed by atoms with E-state index >= 15 is 0 Å². The first-order valence-corrected chi connectivity index (χ1v) is 11.0. The molecule has 0 atom stereocenters. The molecule has 0 fully saturated rings. The summed E-state index contributed by atoms with van der Waals surface area (Å²) in [5, 5.41) is 3.04. The van der Waals surface area contributed by atoms with Gasteiger partial charge in [0.25, 0.3) is 5.91 Å². The van der Waals surface area contributed by atoms with Crippen LogP contribution in [0.25, 0.3) is 22.8 Å². The number of aromatic nitrogens is 1. The van der Waals surface area contributed by atoms with Gasteiger partial charge in [0, 0.05) is 22.6 Å². The van der Waals surface area contributed by atoms with Crippen LogP contribution < -0.4 is 10.1 Å². The molecule has 5 nitrogen and oxygen atoms in total. The van der Waals surface area contributed by atoms with Gasteiger partial charge in [-0.25, -0.2) is 0 Å². The highest BCUT2D eigenvalue weighted by Crippen LogP contribution is 2.37. The van der Waals surface area contributed by atoms with Crippen molar-refractivity contribution >= 4 is 23.2 Å². The van der Waals surface area contributed by atoms with Crippen LogP contribution in [-0.2, 0) is 11.2 Å². The number of amides is 1. The van der Waals surface area contributed by atoms with Gasteiger partial charge in [-0.2, -0.15) is 0 Å². The third kappa shape index (κ3) is 4.34. The lowest BCUT2D eigenvalue weighted by Gasteiger charge is -2.09. The third-order valence-electron chi connectivity index (χ3n) is 6.16. The molecule has 0 unspecified atom stereocenters. The lowest BCUT2D eigenvalue weighted by molar-refractivity contribution is -0.110. The lowest BCUT2D eigenvalue weighted by atomic mass is 9.99. The summed E-state index contributed by atoms with van der Waals surface area (Å²) in [7, 11) is 5.86. The van der Waals surface area contributed by atoms with E-state index in [1.165, 1.54) is 16.8 Å². The Bertz CT molecular complexity index is 1190. The molecule has 0 aliphatic carbocycles. The third-order valence-corrected chi connectivity index (χ3v) is 6.16. The number of fused-ring (bicyclic) bond motifs is 1. The second-order valence-corrected chi connectivity index (χ2v) is 8.68. The van der Waals surface area contributed by atoms with Crippen molar-refractivity contribution in [2.24, 2.45) is 0 Å². The van der Waals surface area contributed by atoms with Gasteiger partial charge >= 0.3 is 0 Å². The Morgan fingerprint density at radius 3 is 2.59 bits per heavy atom. The number of hydrogen-bond donors (Lipinski definition) is 2. The van der Waals surface area contributed by atoms with Crippen LogP contribution in [0.3, 0.4) is 0 Å². The molecule has 2 N–H and O–H groups in total. The summed E-state index contributed by atoms with van der Waals surface area (Å²) in [5.41, 5.74) is 9.33. The monoisotopic (exact) mass is 429 g/mol. The van der Waals surface area contributed by atoms with Crippen molar-refractivity contribution in [3.8, 4) is 16.9 Å². The number of nitrogens with zero attached hydrogens (tertiary/aromatic N) is 1. The fraction of sp³-hybridized carbons (Fsp3) is 0.296. The van der Waals surface area contributed by atoms with E-state index in [1.54, 1.807) is 7.11 Å². The van der Waals surface area contributed by atoms with Crippen molar-refractivity contribution in [2.45, 2.75) is 26.7 Å². The maximum Gasteiger partial charge on any atom is 0.256 e. The number of nitrogens with one attached hydrogen (secondary N) is 2. The summed E-state index contributed by atoms with van der Waals surface area (Å²) in [4.78, 5) is 18.5. The highest BCUT2D eigenvalue weighted by atomic mass is 16.5. The van der Waals surface area contributed by atoms with Gasteiger partial charge in [-0.3, -0.25) is 4.79 Å². The van der Waals surface area contributed by atoms with Gasteiger partial charge in [0.1, 0.15) is 5.75 Å². The number of carbonyl (C=O) groups is 1. The predicted octanol–water partition coefficient (Wildman–Crippen LogP) is 5.29. The predicted molar refractivity (Wildman–Crippen MR) is 132 cm³/mol. The molecule has 2 heterocycles. The second kappa shape index (κ2) is 9.05. The van der Waals surface area contributed by atoms with Crippen LogP contribution in [0.2, 0.25) is 0 Å². The average Bonchev–Trinajstić information content (AvgIpc) is 3.23. The Kier molecular flexibility index (Phi) is 6.19. The van der Waals surface area contributed by atoms with Gasteiger partial charge in [-0.15, -0.1) is 0 Å². The largest absolute Gasteiger partial charge is 0.497 e. The Morgan fingerprint density at radius 1 is 1.06 bits per heavy atom. The molecule has 1 amide bonds. The van der Waals surface area contributed by atoms with Crippen molar-refractivity contribution in [2.75, 3.05) is 33.1 Å². The molecule has 2 aromatic carbocycles. The van der Waals surface area contributed by atoms with Gasteiger partial charge in [0.15, 0.2) is 0 Å². The minimum absolute atomic E-state index is 0.0661. The Balaban J connectivity index is 1.64. The van der Waals surface area contributed by atoms with E-state index in [9.17, 15) is 4.79 Å². The SMILES string of the molecule is COc1cccc(-c2ccc3c(c2)NC(=O)C3=Cc2[nH]c(C)c(CCCN(C)C)c2C)c1. The van der Waals surface area contributed by atoms with Crippen LogP contribution in [0, 0.1) is 13.8 Å². The summed E-state index contributed by atoms with van der Waals surface area (Å²) in [6, 6.07) is 14.0. The van der Waals surface area contributed by atoms with E-state index in [2.05, 4.69) is 49.2 Å². The lowest BCUT2D eigenvalue weighted by Crippen LogP contribution is -2.13. The normalized spacial score (nSPS) is 14.2. The summed E-state index contributed by atoms with van der Waals surface area (Å²) >= 11 is 0. The van der Waals surface area contributed by atoms with Gasteiger partial charge in [0.05, 0.1) is 12.7 Å². The minimum atomic E-state index is -0.0661. The summed E-state index contributed by atoms with van der Waals surface area (Å²) in [6.07, 6.45) is 4.13. The van der Waals surface area contributed by atoms with Gasteiger partial charge in [0.2, 0.25) is 0 Å². The number of anilines is 1.